The number of methoxy groups -OCH3 is 1. The van der Waals surface area contributed by atoms with Gasteiger partial charge < -0.3 is 24.0 Å². The number of nitrogens with one attached hydrogen (secondary N) is 1. The molecule has 0 saturated carbocycles. The average molecular weight is 373 g/mol. The molecule has 1 aliphatic rings. The van der Waals surface area contributed by atoms with Crippen molar-refractivity contribution in [3.8, 4) is 0 Å². The maximum atomic E-state index is 12.0. The van der Waals surface area contributed by atoms with E-state index in [1.165, 1.54) is 13.3 Å². The molecule has 25 heavy (non-hydrogen) atoms. The Morgan fingerprint density at radius 2 is 2.24 bits per heavy atom. The van der Waals surface area contributed by atoms with E-state index in [9.17, 15) is 14.2 Å². The zero-order valence-electron chi connectivity index (χ0n) is 13.1. The predicted octanol–water partition coefficient (Wildman–Crippen LogP) is -0.342. The molecular weight excluding hydrogens is 357 g/mol. The fraction of sp³-hybridized carbons (Fsp3) is 0.308. The lowest BCUT2D eigenvalue weighted by Crippen LogP contribution is -2.36. The number of nitrogens with zero attached hydrogens (tertiary/aromatic N) is 2. The van der Waals surface area contributed by atoms with Crippen molar-refractivity contribution < 1.29 is 28.6 Å². The summed E-state index contributed by atoms with van der Waals surface area (Å²) in [6.45, 7) is 3.10. The van der Waals surface area contributed by atoms with E-state index in [4.69, 9.17) is 24.0 Å². The van der Waals surface area contributed by atoms with Gasteiger partial charge in [-0.05, 0) is 12.8 Å². The van der Waals surface area contributed by atoms with Gasteiger partial charge in [0.15, 0.2) is 24.4 Å². The van der Waals surface area contributed by atoms with E-state index in [0.29, 0.717) is 5.82 Å². The molecule has 0 fully saturated rings. The van der Waals surface area contributed by atoms with Crippen LogP contribution in [0.15, 0.2) is 50.3 Å². The normalized spacial score (nSPS) is 20.8. The van der Waals surface area contributed by atoms with Crippen molar-refractivity contribution in [3.05, 3.63) is 56.5 Å². The fourth-order valence-electron chi connectivity index (χ4n) is 2.13. The van der Waals surface area contributed by atoms with Crippen molar-refractivity contribution in [1.29, 1.82) is 0 Å². The minimum atomic E-state index is -4.45. The zero-order chi connectivity index (χ0) is 18.6. The summed E-state index contributed by atoms with van der Waals surface area (Å²) in [6, 6.07) is 1.12. The maximum absolute atomic E-state index is 12.0. The van der Waals surface area contributed by atoms with Crippen LogP contribution in [0.25, 0.3) is 0 Å². The first-order valence-electron chi connectivity index (χ1n) is 6.81. The molecule has 1 aliphatic heterocycles. The SMILES string of the molecule is C=NCOC1=C(/C=C/P(=O)(O)O)O[C@@H](n2ccc(=O)[nH]c2=O)C1OC. The molecule has 136 valence electrons. The lowest BCUT2D eigenvalue weighted by Gasteiger charge is -2.20. The van der Waals surface area contributed by atoms with Gasteiger partial charge in [-0.2, -0.15) is 0 Å². The van der Waals surface area contributed by atoms with E-state index in [1.807, 2.05) is 0 Å². The van der Waals surface area contributed by atoms with Crippen LogP contribution in [0.2, 0.25) is 0 Å². The molecule has 0 spiro atoms. The number of H-pyrrole nitrogens is 1. The van der Waals surface area contributed by atoms with Crippen molar-refractivity contribution in [2.45, 2.75) is 12.3 Å². The number of rotatable bonds is 7. The Kier molecular flexibility index (Phi) is 5.75. The second-order valence-corrected chi connectivity index (χ2v) is 6.29. The lowest BCUT2D eigenvalue weighted by atomic mass is 10.2. The van der Waals surface area contributed by atoms with Crippen molar-refractivity contribution in [3.63, 3.8) is 0 Å². The summed E-state index contributed by atoms with van der Waals surface area (Å²) >= 11 is 0. The van der Waals surface area contributed by atoms with Gasteiger partial charge in [-0.25, -0.2) is 4.79 Å². The van der Waals surface area contributed by atoms with Crippen LogP contribution in [-0.4, -0.2) is 46.0 Å². The van der Waals surface area contributed by atoms with Gasteiger partial charge in [-0.1, -0.05) is 0 Å². The molecule has 0 radical (unpaired) electrons. The third-order valence-electron chi connectivity index (χ3n) is 3.12. The van der Waals surface area contributed by atoms with Crippen molar-refractivity contribution in [1.82, 2.24) is 9.55 Å². The van der Waals surface area contributed by atoms with E-state index in [0.717, 1.165) is 16.7 Å². The first-order chi connectivity index (χ1) is 11.8. The van der Waals surface area contributed by atoms with Gasteiger partial charge in [0.25, 0.3) is 5.56 Å². The average Bonchev–Trinajstić information content (AvgIpc) is 2.87. The van der Waals surface area contributed by atoms with Crippen LogP contribution >= 0.6 is 7.60 Å². The molecule has 11 nitrogen and oxygen atoms in total. The highest BCUT2D eigenvalue weighted by molar-refractivity contribution is 7.55. The molecule has 0 saturated heterocycles. The summed E-state index contributed by atoms with van der Waals surface area (Å²) in [7, 11) is -3.12. The largest absolute Gasteiger partial charge is 0.469 e. The van der Waals surface area contributed by atoms with Gasteiger partial charge in [0.05, 0.1) is 0 Å². The van der Waals surface area contributed by atoms with Crippen molar-refractivity contribution in [2.24, 2.45) is 4.99 Å². The molecule has 0 aliphatic carbocycles. The summed E-state index contributed by atoms with van der Waals surface area (Å²) in [4.78, 5) is 46.7. The van der Waals surface area contributed by atoms with Crippen LogP contribution in [0.1, 0.15) is 6.23 Å². The van der Waals surface area contributed by atoms with Crippen LogP contribution in [0, 0.1) is 0 Å². The molecule has 1 aromatic rings. The van der Waals surface area contributed by atoms with Crippen molar-refractivity contribution >= 4 is 14.3 Å². The van der Waals surface area contributed by atoms with Gasteiger partial charge in [0.2, 0.25) is 6.23 Å². The molecule has 2 atom stereocenters. The number of aliphatic imine (C=N–C) groups is 1. The maximum Gasteiger partial charge on any atom is 0.349 e. The van der Waals surface area contributed by atoms with Crippen molar-refractivity contribution in [2.75, 3.05) is 13.8 Å². The van der Waals surface area contributed by atoms with Crippen LogP contribution in [-0.2, 0) is 18.8 Å². The minimum Gasteiger partial charge on any atom is -0.469 e. The number of allylic oxidation sites excluding steroid dienone is 1. The van der Waals surface area contributed by atoms with Gasteiger partial charge in [0.1, 0.15) is 0 Å². The summed E-state index contributed by atoms with van der Waals surface area (Å²) in [5.74, 6) is 0.641. The van der Waals surface area contributed by atoms with E-state index < -0.39 is 31.2 Å². The zero-order valence-corrected chi connectivity index (χ0v) is 14.0. The van der Waals surface area contributed by atoms with Gasteiger partial charge in [0, 0.05) is 25.2 Å². The molecular formula is C13H16N3O8P. The van der Waals surface area contributed by atoms with Gasteiger partial charge >= 0.3 is 13.3 Å². The minimum absolute atomic E-state index is 0.0538. The molecule has 1 aromatic heterocycles. The number of aromatic amines is 1. The molecule has 12 heteroatoms. The topological polar surface area (TPSA) is 152 Å². The monoisotopic (exact) mass is 373 g/mol. The van der Waals surface area contributed by atoms with Crippen LogP contribution in [0.3, 0.4) is 0 Å². The van der Waals surface area contributed by atoms with Gasteiger partial charge in [-0.15, -0.1) is 0 Å². The Hall–Kier alpha value is -2.46. The van der Waals surface area contributed by atoms with E-state index in [1.54, 1.807) is 0 Å². The summed E-state index contributed by atoms with van der Waals surface area (Å²) in [5, 5.41) is 0. The van der Waals surface area contributed by atoms with E-state index in [-0.39, 0.29) is 18.2 Å². The Bertz CT molecular complexity index is 865. The third kappa shape index (κ3) is 4.54. The Morgan fingerprint density at radius 3 is 2.80 bits per heavy atom. The standard InChI is InChI=1S/C13H16N3O8P/c1-14-7-23-10-8(4-6-25(19,20)21)24-12(11(10)22-2)16-5-3-9(17)15-13(16)18/h3-6,11-12H,1,7H2,2H3,(H,15,17,18)(H2,19,20,21)/b6-4+/t11?,12-/m1/s1. The Morgan fingerprint density at radius 1 is 1.52 bits per heavy atom. The summed E-state index contributed by atoms with van der Waals surface area (Å²) in [5.41, 5.74) is -1.34. The molecule has 0 amide bonds. The molecule has 1 unspecified atom stereocenters. The number of hydrogen-bond donors (Lipinski definition) is 3. The van der Waals surface area contributed by atoms with Crippen LogP contribution in [0.4, 0.5) is 0 Å². The quantitative estimate of drug-likeness (QED) is 0.433. The Labute approximate surface area is 141 Å². The third-order valence-corrected chi connectivity index (χ3v) is 3.66. The first-order valence-corrected chi connectivity index (χ1v) is 8.50. The first kappa shape index (κ1) is 18.9. The fourth-order valence-corrected chi connectivity index (χ4v) is 2.46. The van der Waals surface area contributed by atoms with E-state index >= 15 is 0 Å². The molecule has 0 aromatic carbocycles. The summed E-state index contributed by atoms with van der Waals surface area (Å²) in [6.07, 6.45) is 0.228. The molecule has 2 rings (SSSR count). The molecule has 2 heterocycles. The molecule has 3 N–H and O–H groups in total. The number of hydrogen-bond acceptors (Lipinski definition) is 7. The van der Waals surface area contributed by atoms with Crippen LogP contribution in [0.5, 0.6) is 0 Å². The molecule has 0 bridgehead atoms. The second kappa shape index (κ2) is 7.62. The highest BCUT2D eigenvalue weighted by atomic mass is 31.2. The van der Waals surface area contributed by atoms with Gasteiger partial charge in [-0.3, -0.25) is 23.9 Å². The highest BCUT2D eigenvalue weighted by Crippen LogP contribution is 2.40. The second-order valence-electron chi connectivity index (χ2n) is 4.81. The summed E-state index contributed by atoms with van der Waals surface area (Å²) < 4.78 is 28.3. The number of ether oxygens (including phenoxy) is 3. The van der Waals surface area contributed by atoms with Crippen LogP contribution < -0.4 is 11.2 Å². The predicted molar refractivity (Wildman–Crippen MR) is 86.0 cm³/mol. The highest BCUT2D eigenvalue weighted by Gasteiger charge is 2.40. The Balaban J connectivity index is 2.45. The number of aromatic nitrogens is 2. The smallest absolute Gasteiger partial charge is 0.349 e. The van der Waals surface area contributed by atoms with E-state index in [2.05, 4.69) is 16.7 Å². The lowest BCUT2D eigenvalue weighted by molar-refractivity contribution is -0.0361.